The number of hydrogen-bond acceptors (Lipinski definition) is 2. The number of rotatable bonds is 4. The Morgan fingerprint density at radius 3 is 2.38 bits per heavy atom. The van der Waals surface area contributed by atoms with Crippen LogP contribution >= 0.6 is 0 Å². The molecule has 0 amide bonds. The van der Waals surface area contributed by atoms with Crippen LogP contribution in [-0.4, -0.2) is 24.3 Å². The second kappa shape index (κ2) is 4.05. The lowest BCUT2D eigenvalue weighted by Gasteiger charge is -2.30. The van der Waals surface area contributed by atoms with Gasteiger partial charge < -0.3 is 10.8 Å². The third-order valence-electron chi connectivity index (χ3n) is 3.17. The van der Waals surface area contributed by atoms with Crippen molar-refractivity contribution in [3.05, 3.63) is 0 Å². The van der Waals surface area contributed by atoms with E-state index in [-0.39, 0.29) is 12.5 Å². The molecule has 1 rings (SSSR count). The summed E-state index contributed by atoms with van der Waals surface area (Å²) >= 11 is 0. The fourth-order valence-electron chi connectivity index (χ4n) is 2.13. The molecule has 0 spiro atoms. The standard InChI is InChI=1S/C9H16FNO2/c10-5-9(6-11,8(12)13)7-3-1-2-4-7/h7H,1-6,11H2,(H,12,13). The Kier molecular flexibility index (Phi) is 3.25. The van der Waals surface area contributed by atoms with Gasteiger partial charge in [0.15, 0.2) is 0 Å². The third kappa shape index (κ3) is 1.68. The molecule has 0 aliphatic heterocycles. The highest BCUT2D eigenvalue weighted by Gasteiger charge is 2.45. The van der Waals surface area contributed by atoms with Crippen molar-refractivity contribution in [2.75, 3.05) is 13.2 Å². The highest BCUT2D eigenvalue weighted by molar-refractivity contribution is 5.75. The number of carboxylic acid groups (broad SMARTS) is 1. The Hall–Kier alpha value is -0.640. The lowest BCUT2D eigenvalue weighted by atomic mass is 9.75. The van der Waals surface area contributed by atoms with Crippen LogP contribution < -0.4 is 5.73 Å². The maximum Gasteiger partial charge on any atom is 0.313 e. The van der Waals surface area contributed by atoms with Crippen LogP contribution in [0.5, 0.6) is 0 Å². The smallest absolute Gasteiger partial charge is 0.313 e. The normalized spacial score (nSPS) is 22.9. The summed E-state index contributed by atoms with van der Waals surface area (Å²) in [7, 11) is 0. The van der Waals surface area contributed by atoms with Crippen LogP contribution in [-0.2, 0) is 4.79 Å². The first kappa shape index (κ1) is 10.4. The molecule has 0 heterocycles. The molecule has 4 heteroatoms. The highest BCUT2D eigenvalue weighted by atomic mass is 19.1. The first-order valence-corrected chi connectivity index (χ1v) is 4.67. The molecule has 1 saturated carbocycles. The molecule has 1 aliphatic carbocycles. The van der Waals surface area contributed by atoms with E-state index in [4.69, 9.17) is 10.8 Å². The van der Waals surface area contributed by atoms with Gasteiger partial charge in [0.05, 0.1) is 0 Å². The number of aliphatic carboxylic acids is 1. The van der Waals surface area contributed by atoms with Crippen molar-refractivity contribution in [3.8, 4) is 0 Å². The van der Waals surface area contributed by atoms with Crippen LogP contribution in [0.3, 0.4) is 0 Å². The molecule has 1 unspecified atom stereocenters. The first-order chi connectivity index (χ1) is 6.17. The van der Waals surface area contributed by atoms with Gasteiger partial charge in [0.1, 0.15) is 12.1 Å². The largest absolute Gasteiger partial charge is 0.481 e. The third-order valence-corrected chi connectivity index (χ3v) is 3.17. The Bertz CT molecular complexity index is 186. The molecule has 0 aromatic carbocycles. The minimum Gasteiger partial charge on any atom is -0.481 e. The average Bonchev–Trinajstić information content (AvgIpc) is 2.60. The maximum absolute atomic E-state index is 12.8. The fourth-order valence-corrected chi connectivity index (χ4v) is 2.13. The van der Waals surface area contributed by atoms with E-state index in [1.54, 1.807) is 0 Å². The summed E-state index contributed by atoms with van der Waals surface area (Å²) in [5.74, 6) is -1.15. The number of alkyl halides is 1. The molecule has 3 nitrogen and oxygen atoms in total. The van der Waals surface area contributed by atoms with Crippen molar-refractivity contribution in [3.63, 3.8) is 0 Å². The lowest BCUT2D eigenvalue weighted by molar-refractivity contribution is -0.153. The molecule has 1 fully saturated rings. The number of nitrogens with two attached hydrogens (primary N) is 1. The van der Waals surface area contributed by atoms with E-state index in [1.165, 1.54) is 0 Å². The number of hydrogen-bond donors (Lipinski definition) is 2. The van der Waals surface area contributed by atoms with Gasteiger partial charge in [-0.2, -0.15) is 0 Å². The Morgan fingerprint density at radius 1 is 1.54 bits per heavy atom. The average molecular weight is 189 g/mol. The van der Waals surface area contributed by atoms with Crippen molar-refractivity contribution in [2.45, 2.75) is 25.7 Å². The molecule has 13 heavy (non-hydrogen) atoms. The van der Waals surface area contributed by atoms with Gasteiger partial charge in [-0.05, 0) is 18.8 Å². The minimum atomic E-state index is -1.31. The predicted molar refractivity (Wildman–Crippen MR) is 47.1 cm³/mol. The van der Waals surface area contributed by atoms with Crippen LogP contribution in [0.1, 0.15) is 25.7 Å². The van der Waals surface area contributed by atoms with E-state index >= 15 is 0 Å². The molecule has 0 radical (unpaired) electrons. The van der Waals surface area contributed by atoms with Crippen molar-refractivity contribution < 1.29 is 14.3 Å². The number of carboxylic acids is 1. The molecule has 1 atom stereocenters. The summed E-state index contributed by atoms with van der Waals surface area (Å²) in [6.45, 7) is -0.938. The van der Waals surface area contributed by atoms with E-state index in [1.807, 2.05) is 0 Å². The van der Waals surface area contributed by atoms with Gasteiger partial charge in [0, 0.05) is 6.54 Å². The van der Waals surface area contributed by atoms with E-state index in [0.717, 1.165) is 25.7 Å². The Labute approximate surface area is 77.1 Å². The molecular formula is C9H16FNO2. The predicted octanol–water partition coefficient (Wildman–Crippen LogP) is 1.18. The lowest BCUT2D eigenvalue weighted by Crippen LogP contribution is -2.46. The maximum atomic E-state index is 12.8. The van der Waals surface area contributed by atoms with Crippen LogP contribution in [0.4, 0.5) is 4.39 Å². The van der Waals surface area contributed by atoms with Crippen molar-refractivity contribution in [1.29, 1.82) is 0 Å². The molecule has 0 bridgehead atoms. The zero-order chi connectivity index (χ0) is 9.90. The minimum absolute atomic E-state index is 0.0694. The van der Waals surface area contributed by atoms with Crippen LogP contribution in [0.2, 0.25) is 0 Å². The number of halogens is 1. The second-order valence-electron chi connectivity index (χ2n) is 3.78. The summed E-state index contributed by atoms with van der Waals surface area (Å²) < 4.78 is 12.8. The first-order valence-electron chi connectivity index (χ1n) is 4.67. The zero-order valence-corrected chi connectivity index (χ0v) is 7.63. The Morgan fingerprint density at radius 2 is 2.08 bits per heavy atom. The van der Waals surface area contributed by atoms with Crippen molar-refractivity contribution in [2.24, 2.45) is 17.1 Å². The highest BCUT2D eigenvalue weighted by Crippen LogP contribution is 2.40. The topological polar surface area (TPSA) is 63.3 Å². The molecule has 76 valence electrons. The van der Waals surface area contributed by atoms with Gasteiger partial charge in [0.2, 0.25) is 0 Å². The zero-order valence-electron chi connectivity index (χ0n) is 7.63. The SMILES string of the molecule is NCC(CF)(C(=O)O)C1CCCC1. The molecule has 3 N–H and O–H groups in total. The monoisotopic (exact) mass is 189 g/mol. The molecule has 0 aromatic rings. The molecule has 0 aromatic heterocycles. The number of carbonyl (C=O) groups is 1. The van der Waals surface area contributed by atoms with Gasteiger partial charge in [-0.3, -0.25) is 4.79 Å². The molecular weight excluding hydrogens is 173 g/mol. The van der Waals surface area contributed by atoms with Crippen LogP contribution in [0.25, 0.3) is 0 Å². The van der Waals surface area contributed by atoms with Gasteiger partial charge in [0.25, 0.3) is 0 Å². The van der Waals surface area contributed by atoms with E-state index in [2.05, 4.69) is 0 Å². The van der Waals surface area contributed by atoms with Crippen LogP contribution in [0, 0.1) is 11.3 Å². The summed E-state index contributed by atoms with van der Waals surface area (Å²) in [6, 6.07) is 0. The second-order valence-corrected chi connectivity index (χ2v) is 3.78. The van der Waals surface area contributed by atoms with Crippen molar-refractivity contribution >= 4 is 5.97 Å². The van der Waals surface area contributed by atoms with E-state index in [0.29, 0.717) is 0 Å². The van der Waals surface area contributed by atoms with Crippen molar-refractivity contribution in [1.82, 2.24) is 0 Å². The van der Waals surface area contributed by atoms with E-state index < -0.39 is 18.1 Å². The summed E-state index contributed by atoms with van der Waals surface area (Å²) in [5, 5.41) is 8.96. The van der Waals surface area contributed by atoms with Gasteiger partial charge in [-0.25, -0.2) is 4.39 Å². The molecule has 0 saturated heterocycles. The van der Waals surface area contributed by atoms with E-state index in [9.17, 15) is 9.18 Å². The fraction of sp³-hybridized carbons (Fsp3) is 0.889. The summed E-state index contributed by atoms with van der Waals surface area (Å²) in [4.78, 5) is 11.0. The Balaban J connectivity index is 2.80. The van der Waals surface area contributed by atoms with Crippen LogP contribution in [0.15, 0.2) is 0 Å². The van der Waals surface area contributed by atoms with Gasteiger partial charge >= 0.3 is 5.97 Å². The molecule has 1 aliphatic rings. The summed E-state index contributed by atoms with van der Waals surface area (Å²) in [6.07, 6.45) is 3.60. The van der Waals surface area contributed by atoms with Gasteiger partial charge in [-0.1, -0.05) is 12.8 Å². The quantitative estimate of drug-likeness (QED) is 0.698. The van der Waals surface area contributed by atoms with Gasteiger partial charge in [-0.15, -0.1) is 0 Å². The summed E-state index contributed by atoms with van der Waals surface area (Å²) in [5.41, 5.74) is 4.07.